The molecule has 2 aromatic carbocycles. The number of hydrogen-bond acceptors (Lipinski definition) is 3. The molecule has 6 heteroatoms. The van der Waals surface area contributed by atoms with Gasteiger partial charge in [-0.25, -0.2) is 4.98 Å². The second-order valence-corrected chi connectivity index (χ2v) is 10.1. The molecule has 0 spiro atoms. The van der Waals surface area contributed by atoms with E-state index in [9.17, 15) is 9.59 Å². The van der Waals surface area contributed by atoms with Gasteiger partial charge in [0.05, 0.1) is 17.6 Å². The number of aryl methyl sites for hydroxylation is 1. The van der Waals surface area contributed by atoms with Gasteiger partial charge in [0.15, 0.2) is 0 Å². The van der Waals surface area contributed by atoms with Gasteiger partial charge < -0.3 is 9.88 Å². The number of benzene rings is 2. The second-order valence-electron chi connectivity index (χ2n) is 10.1. The normalized spacial score (nSPS) is 27.5. The molecule has 2 amide bonds. The smallest absolute Gasteiger partial charge is 0.295 e. The molecular formula is C27H32N4O2. The zero-order valence-electron chi connectivity index (χ0n) is 19.8. The average Bonchev–Trinajstić information content (AvgIpc) is 3.17. The summed E-state index contributed by atoms with van der Waals surface area (Å²) in [4.78, 5) is 34.1. The van der Waals surface area contributed by atoms with E-state index >= 15 is 0 Å². The molecule has 1 fully saturated rings. The monoisotopic (exact) mass is 444 g/mol. The van der Waals surface area contributed by atoms with Gasteiger partial charge in [0.25, 0.3) is 5.91 Å². The second kappa shape index (κ2) is 8.01. The van der Waals surface area contributed by atoms with Gasteiger partial charge >= 0.3 is 0 Å². The van der Waals surface area contributed by atoms with Crippen LogP contribution in [0.4, 0.5) is 5.69 Å². The van der Waals surface area contributed by atoms with E-state index in [0.29, 0.717) is 29.9 Å². The van der Waals surface area contributed by atoms with Crippen molar-refractivity contribution >= 4 is 28.5 Å². The molecule has 1 saturated carbocycles. The lowest BCUT2D eigenvalue weighted by molar-refractivity contribution is -0.128. The maximum absolute atomic E-state index is 14.0. The van der Waals surface area contributed by atoms with Crippen molar-refractivity contribution in [3.63, 3.8) is 0 Å². The molecule has 0 radical (unpaired) electrons. The standard InChI is InChI=1S/C27H32N4O2/c1-17-12-14-20(15-13-17)31-25(32)24-28-22-9-5-6-11-23(22)30(24)16-27(31,4)26(33)29-21-10-7-8-18(2)19(21)3/h5-6,9,11-15,18-19,21H,7-8,10,16H2,1-4H3,(H,29,33). The number of hydrogen-bond donors (Lipinski definition) is 1. The fraction of sp³-hybridized carbons (Fsp3) is 0.444. The first-order chi connectivity index (χ1) is 15.8. The summed E-state index contributed by atoms with van der Waals surface area (Å²) in [5.41, 5.74) is 2.38. The van der Waals surface area contributed by atoms with Gasteiger partial charge in [-0.15, -0.1) is 0 Å². The SMILES string of the molecule is Cc1ccc(N2C(=O)c3nc4ccccc4n3CC2(C)C(=O)NC2CCCC(C)C2C)cc1. The summed E-state index contributed by atoms with van der Waals surface area (Å²) < 4.78 is 1.91. The summed E-state index contributed by atoms with van der Waals surface area (Å²) in [5, 5.41) is 3.35. The van der Waals surface area contributed by atoms with Crippen LogP contribution in [0.1, 0.15) is 56.2 Å². The summed E-state index contributed by atoms with van der Waals surface area (Å²) >= 11 is 0. The van der Waals surface area contributed by atoms with Crippen molar-refractivity contribution in [1.29, 1.82) is 0 Å². The predicted octanol–water partition coefficient (Wildman–Crippen LogP) is 4.70. The van der Waals surface area contributed by atoms with E-state index in [1.807, 2.05) is 66.9 Å². The topological polar surface area (TPSA) is 67.2 Å². The Morgan fingerprint density at radius 1 is 1.09 bits per heavy atom. The van der Waals surface area contributed by atoms with Crippen molar-refractivity contribution in [2.75, 3.05) is 4.90 Å². The Kier molecular flexibility index (Phi) is 5.26. The quantitative estimate of drug-likeness (QED) is 0.636. The third kappa shape index (κ3) is 3.52. The van der Waals surface area contributed by atoms with Crippen LogP contribution < -0.4 is 10.2 Å². The Balaban J connectivity index is 1.59. The molecular weight excluding hydrogens is 412 g/mol. The Hall–Kier alpha value is -3.15. The highest BCUT2D eigenvalue weighted by Crippen LogP contribution is 2.36. The molecule has 5 rings (SSSR count). The summed E-state index contributed by atoms with van der Waals surface area (Å²) in [6, 6.07) is 15.6. The highest BCUT2D eigenvalue weighted by Gasteiger charge is 2.50. The van der Waals surface area contributed by atoms with Gasteiger partial charge in [0, 0.05) is 11.7 Å². The Labute approximate surface area is 195 Å². The Morgan fingerprint density at radius 3 is 2.58 bits per heavy atom. The van der Waals surface area contributed by atoms with Crippen molar-refractivity contribution in [2.24, 2.45) is 11.8 Å². The van der Waals surface area contributed by atoms with Crippen LogP contribution in [-0.2, 0) is 11.3 Å². The van der Waals surface area contributed by atoms with Gasteiger partial charge in [0.2, 0.25) is 11.7 Å². The largest absolute Gasteiger partial charge is 0.351 e. The zero-order chi connectivity index (χ0) is 23.3. The van der Waals surface area contributed by atoms with Crippen LogP contribution in [-0.4, -0.2) is 32.9 Å². The number of para-hydroxylation sites is 2. The number of fused-ring (bicyclic) bond motifs is 3. The van der Waals surface area contributed by atoms with E-state index in [1.165, 1.54) is 6.42 Å². The summed E-state index contributed by atoms with van der Waals surface area (Å²) in [5.74, 6) is 1.00. The fourth-order valence-electron chi connectivity index (χ4n) is 5.48. The number of rotatable bonds is 3. The first-order valence-electron chi connectivity index (χ1n) is 12.0. The molecule has 0 saturated heterocycles. The van der Waals surface area contributed by atoms with Crippen LogP contribution in [0.3, 0.4) is 0 Å². The Bertz CT molecular complexity index is 1210. The van der Waals surface area contributed by atoms with Gasteiger partial charge in [-0.3, -0.25) is 14.5 Å². The molecule has 2 heterocycles. The van der Waals surface area contributed by atoms with Crippen molar-refractivity contribution < 1.29 is 9.59 Å². The molecule has 0 bridgehead atoms. The van der Waals surface area contributed by atoms with Crippen LogP contribution in [0.15, 0.2) is 48.5 Å². The van der Waals surface area contributed by atoms with E-state index in [-0.39, 0.29) is 17.9 Å². The molecule has 1 N–H and O–H groups in total. The molecule has 2 aliphatic rings. The number of imidazole rings is 1. The summed E-state index contributed by atoms with van der Waals surface area (Å²) in [6.07, 6.45) is 3.29. The van der Waals surface area contributed by atoms with Crippen molar-refractivity contribution in [3.8, 4) is 0 Å². The van der Waals surface area contributed by atoms with Crippen LogP contribution >= 0.6 is 0 Å². The van der Waals surface area contributed by atoms with E-state index in [0.717, 1.165) is 29.4 Å². The van der Waals surface area contributed by atoms with E-state index in [1.54, 1.807) is 4.90 Å². The highest BCUT2D eigenvalue weighted by molar-refractivity contribution is 6.12. The van der Waals surface area contributed by atoms with Gasteiger partial charge in [-0.05, 0) is 56.4 Å². The minimum atomic E-state index is -1.08. The molecule has 172 valence electrons. The summed E-state index contributed by atoms with van der Waals surface area (Å²) in [6.45, 7) is 8.73. The van der Waals surface area contributed by atoms with Crippen molar-refractivity contribution in [2.45, 2.75) is 65.1 Å². The lowest BCUT2D eigenvalue weighted by Gasteiger charge is -2.45. The third-order valence-electron chi connectivity index (χ3n) is 7.81. The number of carbonyl (C=O) groups excluding carboxylic acids is 2. The van der Waals surface area contributed by atoms with Crippen LogP contribution in [0.5, 0.6) is 0 Å². The molecule has 1 aromatic heterocycles. The maximum atomic E-state index is 14.0. The van der Waals surface area contributed by atoms with Gasteiger partial charge in [-0.1, -0.05) is 56.5 Å². The number of aromatic nitrogens is 2. The van der Waals surface area contributed by atoms with Gasteiger partial charge in [-0.2, -0.15) is 0 Å². The molecule has 33 heavy (non-hydrogen) atoms. The van der Waals surface area contributed by atoms with E-state index < -0.39 is 5.54 Å². The summed E-state index contributed by atoms with van der Waals surface area (Å²) in [7, 11) is 0. The first kappa shape index (κ1) is 21.7. The predicted molar refractivity (Wildman–Crippen MR) is 130 cm³/mol. The maximum Gasteiger partial charge on any atom is 0.295 e. The third-order valence-corrected chi connectivity index (χ3v) is 7.81. The fourth-order valence-corrected chi connectivity index (χ4v) is 5.48. The Morgan fingerprint density at radius 2 is 1.82 bits per heavy atom. The molecule has 4 atom stereocenters. The highest BCUT2D eigenvalue weighted by atomic mass is 16.2. The number of nitrogens with one attached hydrogen (secondary N) is 1. The van der Waals surface area contributed by atoms with Gasteiger partial charge in [0.1, 0.15) is 5.54 Å². The minimum absolute atomic E-state index is 0.106. The number of nitrogens with zero attached hydrogens (tertiary/aromatic N) is 3. The minimum Gasteiger partial charge on any atom is -0.351 e. The lowest BCUT2D eigenvalue weighted by Crippen LogP contribution is -2.66. The molecule has 1 aliphatic carbocycles. The van der Waals surface area contributed by atoms with Crippen LogP contribution in [0.25, 0.3) is 11.0 Å². The van der Waals surface area contributed by atoms with E-state index in [4.69, 9.17) is 0 Å². The molecule has 6 nitrogen and oxygen atoms in total. The van der Waals surface area contributed by atoms with Crippen LogP contribution in [0.2, 0.25) is 0 Å². The number of amides is 2. The number of carbonyl (C=O) groups is 2. The molecule has 4 unspecified atom stereocenters. The van der Waals surface area contributed by atoms with E-state index in [2.05, 4.69) is 24.1 Å². The number of anilines is 1. The van der Waals surface area contributed by atoms with Crippen molar-refractivity contribution in [3.05, 3.63) is 59.9 Å². The zero-order valence-corrected chi connectivity index (χ0v) is 19.8. The molecule has 3 aromatic rings. The van der Waals surface area contributed by atoms with Crippen molar-refractivity contribution in [1.82, 2.24) is 14.9 Å². The average molecular weight is 445 g/mol. The first-order valence-corrected chi connectivity index (χ1v) is 12.0. The van der Waals surface area contributed by atoms with Crippen LogP contribution in [0, 0.1) is 18.8 Å². The lowest BCUT2D eigenvalue weighted by atomic mass is 9.77. The molecule has 1 aliphatic heterocycles.